The molecule has 0 saturated carbocycles. The molecule has 0 saturated heterocycles. The van der Waals surface area contributed by atoms with Crippen LogP contribution >= 0.6 is 11.3 Å². The lowest BCUT2D eigenvalue weighted by molar-refractivity contribution is 0.102. The van der Waals surface area contributed by atoms with E-state index in [0.29, 0.717) is 22.5 Å². The van der Waals surface area contributed by atoms with Crippen LogP contribution < -0.4 is 14.8 Å². The van der Waals surface area contributed by atoms with Gasteiger partial charge in [-0.2, -0.15) is 8.42 Å². The van der Waals surface area contributed by atoms with E-state index < -0.39 is 21.8 Å². The number of halogens is 1. The molecule has 4 rings (SSSR count). The highest BCUT2D eigenvalue weighted by Gasteiger charge is 2.21. The van der Waals surface area contributed by atoms with Crippen molar-refractivity contribution in [3.05, 3.63) is 77.1 Å². The maximum atomic E-state index is 14.8. The van der Waals surface area contributed by atoms with Crippen molar-refractivity contribution in [1.29, 1.82) is 0 Å². The Morgan fingerprint density at radius 3 is 2.63 bits per heavy atom. The molecular weight excluding hydrogens is 537 g/mol. The number of carbonyl (C=O) groups excluding carboxylic acids is 1. The fraction of sp³-hybridized carbons (Fsp3) is 0.208. The lowest BCUT2D eigenvalue weighted by atomic mass is 9.98. The molecule has 4 aromatic rings. The molecular formula is C24H22FN5O6S2. The highest BCUT2D eigenvalue weighted by Crippen LogP contribution is 2.35. The van der Waals surface area contributed by atoms with Gasteiger partial charge in [0.2, 0.25) is 5.13 Å². The summed E-state index contributed by atoms with van der Waals surface area (Å²) in [7, 11) is -2.13. The summed E-state index contributed by atoms with van der Waals surface area (Å²) in [5.74, 6) is -0.824. The Bertz CT molecular complexity index is 1560. The summed E-state index contributed by atoms with van der Waals surface area (Å²) < 4.78 is 52.6. The summed E-state index contributed by atoms with van der Waals surface area (Å²) in [6.07, 6.45) is 3.81. The zero-order valence-electron chi connectivity index (χ0n) is 20.5. The van der Waals surface area contributed by atoms with Crippen LogP contribution in [0.2, 0.25) is 0 Å². The van der Waals surface area contributed by atoms with Gasteiger partial charge in [0.15, 0.2) is 0 Å². The van der Waals surface area contributed by atoms with Crippen LogP contribution in [0.4, 0.5) is 9.52 Å². The zero-order valence-corrected chi connectivity index (χ0v) is 22.1. The summed E-state index contributed by atoms with van der Waals surface area (Å²) >= 11 is 0.995. The SMILES string of the molecule is COc1cccc(F)c1-c1cc(C)ncc1C(=O)Nc1nnc(OCc2ccc(COS(C)(=O)=O)cn2)s1. The fourth-order valence-electron chi connectivity index (χ4n) is 3.30. The third kappa shape index (κ3) is 6.85. The van der Waals surface area contributed by atoms with Gasteiger partial charge in [0, 0.05) is 23.7 Å². The van der Waals surface area contributed by atoms with Gasteiger partial charge in [-0.15, -0.1) is 5.10 Å². The van der Waals surface area contributed by atoms with Crippen molar-refractivity contribution in [3.8, 4) is 22.1 Å². The molecule has 1 amide bonds. The average molecular weight is 560 g/mol. The second-order valence-corrected chi connectivity index (χ2v) is 10.5. The van der Waals surface area contributed by atoms with E-state index in [-0.39, 0.29) is 40.4 Å². The highest BCUT2D eigenvalue weighted by atomic mass is 32.2. The Morgan fingerprint density at radius 1 is 1.11 bits per heavy atom. The number of benzene rings is 1. The van der Waals surface area contributed by atoms with E-state index in [1.54, 1.807) is 31.2 Å². The molecule has 0 fully saturated rings. The van der Waals surface area contributed by atoms with Crippen LogP contribution in [0.3, 0.4) is 0 Å². The van der Waals surface area contributed by atoms with Crippen molar-refractivity contribution in [2.24, 2.45) is 0 Å². The van der Waals surface area contributed by atoms with Gasteiger partial charge in [-0.1, -0.05) is 17.2 Å². The summed E-state index contributed by atoms with van der Waals surface area (Å²) in [6.45, 7) is 1.68. The Hall–Kier alpha value is -4.01. The Kier molecular flexibility index (Phi) is 8.24. The highest BCUT2D eigenvalue weighted by molar-refractivity contribution is 7.85. The third-order valence-electron chi connectivity index (χ3n) is 5.05. The Morgan fingerprint density at radius 2 is 1.92 bits per heavy atom. The molecule has 1 aromatic carbocycles. The number of hydrogen-bond donors (Lipinski definition) is 1. The summed E-state index contributed by atoms with van der Waals surface area (Å²) in [6, 6.07) is 9.35. The van der Waals surface area contributed by atoms with Crippen molar-refractivity contribution in [2.75, 3.05) is 18.7 Å². The van der Waals surface area contributed by atoms with E-state index in [4.69, 9.17) is 13.7 Å². The molecule has 0 unspecified atom stereocenters. The van der Waals surface area contributed by atoms with Crippen molar-refractivity contribution < 1.29 is 31.3 Å². The van der Waals surface area contributed by atoms with Crippen molar-refractivity contribution >= 4 is 32.5 Å². The van der Waals surface area contributed by atoms with E-state index >= 15 is 0 Å². The lowest BCUT2D eigenvalue weighted by Gasteiger charge is -2.14. The Balaban J connectivity index is 1.43. The van der Waals surface area contributed by atoms with E-state index in [0.717, 1.165) is 17.6 Å². The van der Waals surface area contributed by atoms with Crippen LogP contribution in [0.1, 0.15) is 27.3 Å². The number of anilines is 1. The molecule has 14 heteroatoms. The summed E-state index contributed by atoms with van der Waals surface area (Å²) in [4.78, 5) is 21.5. The normalized spacial score (nSPS) is 11.3. The van der Waals surface area contributed by atoms with Gasteiger partial charge in [0.05, 0.1) is 36.8 Å². The first-order chi connectivity index (χ1) is 18.1. The number of ether oxygens (including phenoxy) is 2. The van der Waals surface area contributed by atoms with Crippen molar-refractivity contribution in [3.63, 3.8) is 0 Å². The van der Waals surface area contributed by atoms with Crippen molar-refractivity contribution in [2.45, 2.75) is 20.1 Å². The largest absolute Gasteiger partial charge is 0.496 e. The average Bonchev–Trinajstić information content (AvgIpc) is 3.33. The standard InChI is InChI=1S/C24H22FN5O6S2/c1-14-9-17(21-19(25)5-4-6-20(21)34-2)18(11-26-14)22(31)28-23-29-30-24(37-23)35-13-16-8-7-15(10-27-16)12-36-38(3,32)33/h4-11H,12-13H2,1-3H3,(H,28,29,31). The van der Waals surface area contributed by atoms with Crippen LogP contribution in [0.25, 0.3) is 11.1 Å². The number of nitrogens with one attached hydrogen (secondary N) is 1. The van der Waals surface area contributed by atoms with Crippen LogP contribution in [-0.4, -0.2) is 47.9 Å². The topological polar surface area (TPSA) is 142 Å². The lowest BCUT2D eigenvalue weighted by Crippen LogP contribution is -2.14. The fourth-order valence-corrected chi connectivity index (χ4v) is 4.24. The van der Waals surface area contributed by atoms with Gasteiger partial charge in [-0.3, -0.25) is 24.3 Å². The number of pyridine rings is 2. The number of methoxy groups -OCH3 is 1. The van der Waals surface area contributed by atoms with Gasteiger partial charge in [-0.25, -0.2) is 4.39 Å². The molecule has 0 spiro atoms. The predicted octanol–water partition coefficient (Wildman–Crippen LogP) is 3.76. The predicted molar refractivity (Wildman–Crippen MR) is 137 cm³/mol. The van der Waals surface area contributed by atoms with Crippen LogP contribution in [0.5, 0.6) is 10.9 Å². The van der Waals surface area contributed by atoms with Crippen LogP contribution in [-0.2, 0) is 27.5 Å². The Labute approximate surface area is 221 Å². The molecule has 3 heterocycles. The monoisotopic (exact) mass is 559 g/mol. The van der Waals surface area contributed by atoms with Gasteiger partial charge in [0.1, 0.15) is 18.2 Å². The van der Waals surface area contributed by atoms with Gasteiger partial charge in [-0.05, 0) is 48.1 Å². The minimum absolute atomic E-state index is 0.0644. The van der Waals surface area contributed by atoms with Crippen molar-refractivity contribution in [1.82, 2.24) is 20.2 Å². The minimum atomic E-state index is -3.55. The van der Waals surface area contributed by atoms with Crippen LogP contribution in [0, 0.1) is 12.7 Å². The molecule has 1 N–H and O–H groups in total. The summed E-state index contributed by atoms with van der Waals surface area (Å²) in [5.41, 5.74) is 2.33. The number of amides is 1. The number of carbonyl (C=O) groups is 1. The van der Waals surface area contributed by atoms with E-state index in [1.165, 1.54) is 31.6 Å². The molecule has 38 heavy (non-hydrogen) atoms. The van der Waals surface area contributed by atoms with Gasteiger partial charge in [0.25, 0.3) is 21.2 Å². The van der Waals surface area contributed by atoms with E-state index in [2.05, 4.69) is 25.5 Å². The van der Waals surface area contributed by atoms with E-state index in [9.17, 15) is 17.6 Å². The molecule has 198 valence electrons. The quantitative estimate of drug-likeness (QED) is 0.285. The molecule has 0 aliphatic heterocycles. The molecule has 0 bridgehead atoms. The molecule has 0 radical (unpaired) electrons. The molecule has 3 aromatic heterocycles. The summed E-state index contributed by atoms with van der Waals surface area (Å²) in [5, 5.41) is 10.8. The number of aromatic nitrogens is 4. The molecule has 0 atom stereocenters. The smallest absolute Gasteiger partial charge is 0.296 e. The maximum absolute atomic E-state index is 14.8. The first-order valence-corrected chi connectivity index (χ1v) is 13.6. The van der Waals surface area contributed by atoms with Crippen LogP contribution in [0.15, 0.2) is 48.8 Å². The van der Waals surface area contributed by atoms with Gasteiger partial charge >= 0.3 is 0 Å². The minimum Gasteiger partial charge on any atom is -0.496 e. The number of nitrogens with zero attached hydrogens (tertiary/aromatic N) is 4. The third-order valence-corrected chi connectivity index (χ3v) is 6.34. The molecule has 0 aliphatic rings. The number of aryl methyl sites for hydroxylation is 1. The molecule has 11 nitrogen and oxygen atoms in total. The second-order valence-electron chi connectivity index (χ2n) is 7.93. The van der Waals surface area contributed by atoms with Gasteiger partial charge < -0.3 is 9.47 Å². The first-order valence-electron chi connectivity index (χ1n) is 11.0. The second kappa shape index (κ2) is 11.6. The maximum Gasteiger partial charge on any atom is 0.296 e. The first kappa shape index (κ1) is 27.0. The molecule has 0 aliphatic carbocycles. The zero-order chi connectivity index (χ0) is 27.3. The number of rotatable bonds is 10. The van der Waals surface area contributed by atoms with E-state index in [1.807, 2.05) is 0 Å². The number of hydrogen-bond acceptors (Lipinski definition) is 11.